The minimum atomic E-state index is -0.165. The van der Waals surface area contributed by atoms with Crippen LogP contribution in [0.2, 0.25) is 0 Å². The van der Waals surface area contributed by atoms with Crippen LogP contribution in [0.3, 0.4) is 0 Å². The lowest BCUT2D eigenvalue weighted by Gasteiger charge is -2.26. The number of carbonyl (C=O) groups is 1. The highest BCUT2D eigenvalue weighted by atomic mass is 16.5. The molecule has 0 aliphatic carbocycles. The lowest BCUT2D eigenvalue weighted by molar-refractivity contribution is 0.0733. The second-order valence-corrected chi connectivity index (χ2v) is 8.58. The molecule has 4 rings (SSSR count). The first-order chi connectivity index (χ1) is 15.9. The molecule has 1 aliphatic rings. The molecule has 8 heteroatoms. The second-order valence-electron chi connectivity index (χ2n) is 8.58. The SMILES string of the molecule is CCOCc1ccc(C(=O)N2CCC[C@H]2c2nc(N(C)C)ncc2-c2onc(C)c2C)cc1. The molecule has 0 bridgehead atoms. The van der Waals surface area contributed by atoms with Gasteiger partial charge in [0.1, 0.15) is 0 Å². The summed E-state index contributed by atoms with van der Waals surface area (Å²) >= 11 is 0. The van der Waals surface area contributed by atoms with Gasteiger partial charge in [0.2, 0.25) is 5.95 Å². The Labute approximate surface area is 194 Å². The summed E-state index contributed by atoms with van der Waals surface area (Å²) in [7, 11) is 3.81. The highest BCUT2D eigenvalue weighted by Crippen LogP contribution is 2.39. The van der Waals surface area contributed by atoms with Crippen molar-refractivity contribution in [2.24, 2.45) is 0 Å². The third-order valence-corrected chi connectivity index (χ3v) is 6.11. The summed E-state index contributed by atoms with van der Waals surface area (Å²) in [5.74, 6) is 1.26. The molecule has 8 nitrogen and oxygen atoms in total. The number of hydrogen-bond donors (Lipinski definition) is 0. The van der Waals surface area contributed by atoms with Crippen molar-refractivity contribution < 1.29 is 14.1 Å². The third-order valence-electron chi connectivity index (χ3n) is 6.11. The number of hydrogen-bond acceptors (Lipinski definition) is 7. The number of aryl methyl sites for hydroxylation is 1. The fraction of sp³-hybridized carbons (Fsp3) is 0.440. The van der Waals surface area contributed by atoms with Gasteiger partial charge in [0, 0.05) is 44.6 Å². The molecule has 2 aromatic heterocycles. The number of anilines is 1. The Balaban J connectivity index is 1.69. The molecule has 0 unspecified atom stereocenters. The van der Waals surface area contributed by atoms with Gasteiger partial charge in [-0.2, -0.15) is 0 Å². The number of ether oxygens (including phenoxy) is 1. The maximum absolute atomic E-state index is 13.5. The average Bonchev–Trinajstić information content (AvgIpc) is 3.44. The molecule has 0 spiro atoms. The van der Waals surface area contributed by atoms with E-state index in [1.54, 1.807) is 6.20 Å². The van der Waals surface area contributed by atoms with Crippen LogP contribution in [0.15, 0.2) is 35.0 Å². The molecule has 0 radical (unpaired) electrons. The van der Waals surface area contributed by atoms with Gasteiger partial charge in [0.25, 0.3) is 5.91 Å². The molecular formula is C25H31N5O3. The highest BCUT2D eigenvalue weighted by molar-refractivity contribution is 5.94. The van der Waals surface area contributed by atoms with Crippen LogP contribution < -0.4 is 4.90 Å². The van der Waals surface area contributed by atoms with E-state index < -0.39 is 0 Å². The number of carbonyl (C=O) groups excluding carboxylic acids is 1. The van der Waals surface area contributed by atoms with Gasteiger partial charge in [-0.1, -0.05) is 17.3 Å². The minimum absolute atomic E-state index is 0.00176. The zero-order chi connectivity index (χ0) is 23.5. The van der Waals surface area contributed by atoms with Crippen molar-refractivity contribution in [2.75, 3.05) is 32.1 Å². The van der Waals surface area contributed by atoms with Crippen LogP contribution in [-0.4, -0.2) is 53.2 Å². The van der Waals surface area contributed by atoms with E-state index in [0.717, 1.165) is 40.9 Å². The van der Waals surface area contributed by atoms with Crippen molar-refractivity contribution in [1.29, 1.82) is 0 Å². The Morgan fingerprint density at radius 2 is 2.00 bits per heavy atom. The summed E-state index contributed by atoms with van der Waals surface area (Å²) < 4.78 is 11.1. The van der Waals surface area contributed by atoms with Gasteiger partial charge in [-0.15, -0.1) is 0 Å². The normalized spacial score (nSPS) is 15.8. The van der Waals surface area contributed by atoms with E-state index in [2.05, 4.69) is 10.1 Å². The summed E-state index contributed by atoms with van der Waals surface area (Å²) in [4.78, 5) is 26.7. The zero-order valence-corrected chi connectivity index (χ0v) is 20.0. The van der Waals surface area contributed by atoms with Crippen LogP contribution in [0, 0.1) is 13.8 Å². The Hall–Kier alpha value is -3.26. The van der Waals surface area contributed by atoms with Gasteiger partial charge in [0.05, 0.1) is 29.6 Å². The Morgan fingerprint density at radius 3 is 2.64 bits per heavy atom. The van der Waals surface area contributed by atoms with Crippen LogP contribution in [0.4, 0.5) is 5.95 Å². The number of benzene rings is 1. The van der Waals surface area contributed by atoms with Crippen LogP contribution in [0.25, 0.3) is 11.3 Å². The van der Waals surface area contributed by atoms with Gasteiger partial charge in [0.15, 0.2) is 5.76 Å². The summed E-state index contributed by atoms with van der Waals surface area (Å²) in [6, 6.07) is 7.50. The molecule has 1 saturated heterocycles. The summed E-state index contributed by atoms with van der Waals surface area (Å²) in [6.07, 6.45) is 3.53. The molecular weight excluding hydrogens is 418 g/mol. The van der Waals surface area contributed by atoms with Crippen LogP contribution in [0.1, 0.15) is 58.7 Å². The van der Waals surface area contributed by atoms with Crippen LogP contribution >= 0.6 is 0 Å². The molecule has 0 saturated carbocycles. The maximum Gasteiger partial charge on any atom is 0.254 e. The van der Waals surface area contributed by atoms with E-state index in [1.807, 2.05) is 68.9 Å². The zero-order valence-electron chi connectivity index (χ0n) is 20.0. The van der Waals surface area contributed by atoms with E-state index in [9.17, 15) is 4.79 Å². The Bertz CT molecular complexity index is 1120. The number of likely N-dealkylation sites (tertiary alicyclic amines) is 1. The highest BCUT2D eigenvalue weighted by Gasteiger charge is 2.35. The van der Waals surface area contributed by atoms with Crippen LogP contribution in [-0.2, 0) is 11.3 Å². The minimum Gasteiger partial charge on any atom is -0.377 e. The summed E-state index contributed by atoms with van der Waals surface area (Å²) in [5, 5.41) is 4.12. The van der Waals surface area contributed by atoms with Crippen LogP contribution in [0.5, 0.6) is 0 Å². The second kappa shape index (κ2) is 9.70. The van der Waals surface area contributed by atoms with E-state index >= 15 is 0 Å². The predicted molar refractivity (Wildman–Crippen MR) is 126 cm³/mol. The molecule has 1 atom stereocenters. The van der Waals surface area contributed by atoms with E-state index in [-0.39, 0.29) is 11.9 Å². The van der Waals surface area contributed by atoms with E-state index in [0.29, 0.717) is 37.0 Å². The molecule has 1 fully saturated rings. The number of amides is 1. The van der Waals surface area contributed by atoms with Crippen molar-refractivity contribution in [3.05, 3.63) is 58.5 Å². The summed E-state index contributed by atoms with van der Waals surface area (Å²) in [5.41, 5.74) is 5.09. The monoisotopic (exact) mass is 449 g/mol. The molecule has 1 aromatic carbocycles. The van der Waals surface area contributed by atoms with Gasteiger partial charge in [-0.3, -0.25) is 4.79 Å². The number of aromatic nitrogens is 3. The van der Waals surface area contributed by atoms with Crippen molar-refractivity contribution in [3.63, 3.8) is 0 Å². The van der Waals surface area contributed by atoms with Gasteiger partial charge < -0.3 is 19.1 Å². The predicted octanol–water partition coefficient (Wildman–Crippen LogP) is 4.33. The number of rotatable bonds is 7. The van der Waals surface area contributed by atoms with E-state index in [4.69, 9.17) is 14.2 Å². The van der Waals surface area contributed by atoms with Crippen molar-refractivity contribution in [3.8, 4) is 11.3 Å². The standard InChI is InChI=1S/C25H31N5O3/c1-6-32-15-18-9-11-19(12-10-18)24(31)30-13-7-8-21(30)22-20(14-26-25(27-22)29(4)5)23-16(2)17(3)28-33-23/h9-12,14,21H,6-8,13,15H2,1-5H3/t21-/m0/s1. The lowest BCUT2D eigenvalue weighted by atomic mass is 10.0. The third kappa shape index (κ3) is 4.61. The summed E-state index contributed by atoms with van der Waals surface area (Å²) in [6.45, 7) is 7.75. The molecule has 3 aromatic rings. The van der Waals surface area contributed by atoms with Crippen molar-refractivity contribution in [1.82, 2.24) is 20.0 Å². The van der Waals surface area contributed by atoms with Crippen molar-refractivity contribution >= 4 is 11.9 Å². The first kappa shape index (κ1) is 22.9. The van der Waals surface area contributed by atoms with Crippen molar-refractivity contribution in [2.45, 2.75) is 46.3 Å². The smallest absolute Gasteiger partial charge is 0.254 e. The number of nitrogens with zero attached hydrogens (tertiary/aromatic N) is 5. The molecule has 3 heterocycles. The quantitative estimate of drug-likeness (QED) is 0.531. The van der Waals surface area contributed by atoms with Gasteiger partial charge in [-0.05, 0) is 51.3 Å². The first-order valence-corrected chi connectivity index (χ1v) is 11.4. The fourth-order valence-electron chi connectivity index (χ4n) is 4.12. The van der Waals surface area contributed by atoms with Gasteiger partial charge in [-0.25, -0.2) is 9.97 Å². The molecule has 33 heavy (non-hydrogen) atoms. The molecule has 1 aliphatic heterocycles. The molecule has 1 amide bonds. The van der Waals surface area contributed by atoms with Gasteiger partial charge >= 0.3 is 0 Å². The van der Waals surface area contributed by atoms with E-state index in [1.165, 1.54) is 0 Å². The first-order valence-electron chi connectivity index (χ1n) is 11.4. The molecule has 174 valence electrons. The largest absolute Gasteiger partial charge is 0.377 e. The fourth-order valence-corrected chi connectivity index (χ4v) is 4.12. The Kier molecular flexibility index (Phi) is 6.74. The lowest BCUT2D eigenvalue weighted by Crippen LogP contribution is -2.31. The maximum atomic E-state index is 13.5. The topological polar surface area (TPSA) is 84.6 Å². The average molecular weight is 450 g/mol. The Morgan fingerprint density at radius 1 is 1.24 bits per heavy atom. The molecule has 0 N–H and O–H groups in total.